The molecule has 1 fully saturated rings. The zero-order valence-corrected chi connectivity index (χ0v) is 8.39. The molecular weight excluding hydrogens is 201 g/mol. The van der Waals surface area contributed by atoms with Gasteiger partial charge in [0.25, 0.3) is 0 Å². The summed E-state index contributed by atoms with van der Waals surface area (Å²) in [6.45, 7) is 0. The molecule has 0 atom stereocenters. The van der Waals surface area contributed by atoms with Crippen LogP contribution in [0.3, 0.4) is 0 Å². The van der Waals surface area contributed by atoms with E-state index < -0.39 is 0 Å². The lowest BCUT2D eigenvalue weighted by atomic mass is 9.86. The van der Waals surface area contributed by atoms with Crippen LogP contribution in [-0.4, -0.2) is 6.04 Å². The van der Waals surface area contributed by atoms with Crippen molar-refractivity contribution in [2.45, 2.75) is 18.9 Å². The number of hydrogen-bond acceptors (Lipinski definition) is 1. The molecule has 74 valence electrons. The van der Waals surface area contributed by atoms with Gasteiger partial charge in [-0.25, -0.2) is 4.39 Å². The molecule has 0 saturated heterocycles. The molecule has 0 aliphatic heterocycles. The van der Waals surface area contributed by atoms with Crippen molar-refractivity contribution in [2.24, 2.45) is 5.73 Å². The molecule has 2 N–H and O–H groups in total. The maximum absolute atomic E-state index is 13.3. The Morgan fingerprint density at radius 3 is 2.71 bits per heavy atom. The smallest absolute Gasteiger partial charge is 0.131 e. The van der Waals surface area contributed by atoms with Crippen molar-refractivity contribution in [3.63, 3.8) is 0 Å². The Bertz CT molecular complexity index is 379. The molecule has 0 unspecified atom stereocenters. The lowest BCUT2D eigenvalue weighted by Crippen LogP contribution is -2.29. The first-order valence-electron chi connectivity index (χ1n) is 4.55. The minimum absolute atomic E-state index is 0.261. The summed E-state index contributed by atoms with van der Waals surface area (Å²) < 4.78 is 13.3. The van der Waals surface area contributed by atoms with Crippen LogP contribution in [0, 0.1) is 5.82 Å². The van der Waals surface area contributed by atoms with Crippen LogP contribution in [0.4, 0.5) is 4.39 Å². The fraction of sp³-hybridized carbons (Fsp3) is 0.273. The van der Waals surface area contributed by atoms with Gasteiger partial charge in [-0.2, -0.15) is 0 Å². The third-order valence-electron chi connectivity index (χ3n) is 2.37. The second kappa shape index (κ2) is 3.71. The van der Waals surface area contributed by atoms with Gasteiger partial charge < -0.3 is 5.73 Å². The molecule has 0 bridgehead atoms. The van der Waals surface area contributed by atoms with E-state index in [1.54, 1.807) is 12.1 Å². The molecule has 0 heterocycles. The van der Waals surface area contributed by atoms with Crippen LogP contribution in [0.15, 0.2) is 23.8 Å². The summed E-state index contributed by atoms with van der Waals surface area (Å²) in [7, 11) is 0. The van der Waals surface area contributed by atoms with Crippen molar-refractivity contribution in [2.75, 3.05) is 0 Å². The maximum Gasteiger partial charge on any atom is 0.131 e. The molecule has 1 aromatic carbocycles. The van der Waals surface area contributed by atoms with Gasteiger partial charge in [-0.15, -0.1) is 0 Å². The first-order chi connectivity index (χ1) is 6.65. The quantitative estimate of drug-likeness (QED) is 0.760. The topological polar surface area (TPSA) is 26.0 Å². The van der Waals surface area contributed by atoms with Crippen LogP contribution in [-0.2, 0) is 0 Å². The van der Waals surface area contributed by atoms with E-state index in [9.17, 15) is 4.39 Å². The van der Waals surface area contributed by atoms with E-state index in [1.807, 2.05) is 6.08 Å². The molecule has 1 aliphatic carbocycles. The van der Waals surface area contributed by atoms with Crippen LogP contribution < -0.4 is 5.73 Å². The molecule has 1 nitrogen and oxygen atoms in total. The Balaban J connectivity index is 2.21. The third kappa shape index (κ3) is 1.97. The Kier molecular flexibility index (Phi) is 2.57. The van der Waals surface area contributed by atoms with Gasteiger partial charge in [0.15, 0.2) is 0 Å². The van der Waals surface area contributed by atoms with Crippen molar-refractivity contribution in [3.05, 3.63) is 40.2 Å². The van der Waals surface area contributed by atoms with E-state index in [0.717, 1.165) is 12.8 Å². The average Bonchev–Trinajstić information content (AvgIpc) is 2.06. The van der Waals surface area contributed by atoms with E-state index in [4.69, 9.17) is 17.3 Å². The normalized spacial score (nSPS) is 20.5. The average molecular weight is 212 g/mol. The molecule has 3 heteroatoms. The Hall–Kier alpha value is -0.860. The number of halogens is 2. The zero-order valence-electron chi connectivity index (χ0n) is 7.63. The predicted octanol–water partition coefficient (Wildman–Crippen LogP) is 2.98. The van der Waals surface area contributed by atoms with Crippen molar-refractivity contribution in [1.82, 2.24) is 0 Å². The fourth-order valence-corrected chi connectivity index (χ4v) is 1.73. The summed E-state index contributed by atoms with van der Waals surface area (Å²) in [6.07, 6.45) is 3.61. The Morgan fingerprint density at radius 1 is 1.43 bits per heavy atom. The molecule has 0 radical (unpaired) electrons. The second-order valence-electron chi connectivity index (χ2n) is 3.64. The van der Waals surface area contributed by atoms with E-state index in [0.29, 0.717) is 10.6 Å². The summed E-state index contributed by atoms with van der Waals surface area (Å²) in [5, 5.41) is 0.426. The van der Waals surface area contributed by atoms with Gasteiger partial charge in [-0.3, -0.25) is 0 Å². The molecular formula is C11H11ClFN. The van der Waals surface area contributed by atoms with Gasteiger partial charge in [-0.05, 0) is 25.0 Å². The predicted molar refractivity (Wildman–Crippen MR) is 56.6 cm³/mol. The van der Waals surface area contributed by atoms with Gasteiger partial charge in [0.05, 0.1) is 0 Å². The van der Waals surface area contributed by atoms with E-state index >= 15 is 0 Å². The molecule has 1 aliphatic rings. The van der Waals surface area contributed by atoms with Crippen LogP contribution in [0.1, 0.15) is 18.4 Å². The summed E-state index contributed by atoms with van der Waals surface area (Å²) in [6, 6.07) is 4.97. The zero-order chi connectivity index (χ0) is 10.1. The van der Waals surface area contributed by atoms with E-state index in [-0.39, 0.29) is 11.9 Å². The van der Waals surface area contributed by atoms with Gasteiger partial charge in [0, 0.05) is 16.6 Å². The molecule has 1 saturated carbocycles. The summed E-state index contributed by atoms with van der Waals surface area (Å²) >= 11 is 5.64. The Labute approximate surface area is 87.4 Å². The van der Waals surface area contributed by atoms with Gasteiger partial charge in [0.1, 0.15) is 5.82 Å². The van der Waals surface area contributed by atoms with Crippen LogP contribution >= 0.6 is 11.6 Å². The minimum Gasteiger partial charge on any atom is -0.327 e. The monoisotopic (exact) mass is 211 g/mol. The van der Waals surface area contributed by atoms with Crippen LogP contribution in [0.25, 0.3) is 6.08 Å². The first-order valence-corrected chi connectivity index (χ1v) is 4.93. The lowest BCUT2D eigenvalue weighted by Gasteiger charge is -2.25. The highest BCUT2D eigenvalue weighted by Crippen LogP contribution is 2.28. The molecule has 0 amide bonds. The van der Waals surface area contributed by atoms with Crippen LogP contribution in [0.5, 0.6) is 0 Å². The number of hydrogen-bond donors (Lipinski definition) is 1. The van der Waals surface area contributed by atoms with Crippen molar-refractivity contribution < 1.29 is 4.39 Å². The van der Waals surface area contributed by atoms with E-state index in [2.05, 4.69) is 0 Å². The number of benzene rings is 1. The standard InChI is InChI=1S/C11H11ClFN/c12-9-2-1-8(11(13)6-9)3-7-4-10(14)5-7/h1-3,6,10H,4-5,14H2. The SMILES string of the molecule is NC1CC(=Cc2ccc(Cl)cc2F)C1. The minimum atomic E-state index is -0.273. The third-order valence-corrected chi connectivity index (χ3v) is 2.61. The first kappa shape index (κ1) is 9.69. The molecule has 2 rings (SSSR count). The largest absolute Gasteiger partial charge is 0.327 e. The Morgan fingerprint density at radius 2 is 2.14 bits per heavy atom. The lowest BCUT2D eigenvalue weighted by molar-refractivity contribution is 0.546. The van der Waals surface area contributed by atoms with Crippen molar-refractivity contribution >= 4 is 17.7 Å². The summed E-state index contributed by atoms with van der Waals surface area (Å²) in [4.78, 5) is 0. The van der Waals surface area contributed by atoms with Gasteiger partial charge in [-0.1, -0.05) is 29.3 Å². The van der Waals surface area contributed by atoms with Gasteiger partial charge in [0.2, 0.25) is 0 Å². The van der Waals surface area contributed by atoms with Crippen molar-refractivity contribution in [1.29, 1.82) is 0 Å². The number of nitrogens with two attached hydrogens (primary N) is 1. The van der Waals surface area contributed by atoms with E-state index in [1.165, 1.54) is 11.6 Å². The second-order valence-corrected chi connectivity index (χ2v) is 4.07. The van der Waals surface area contributed by atoms with Crippen LogP contribution in [0.2, 0.25) is 5.02 Å². The number of rotatable bonds is 1. The van der Waals surface area contributed by atoms with Crippen molar-refractivity contribution in [3.8, 4) is 0 Å². The highest BCUT2D eigenvalue weighted by molar-refractivity contribution is 6.30. The van der Waals surface area contributed by atoms with Gasteiger partial charge >= 0.3 is 0 Å². The summed E-state index contributed by atoms with van der Waals surface area (Å²) in [5.74, 6) is -0.273. The fourth-order valence-electron chi connectivity index (χ4n) is 1.57. The highest BCUT2D eigenvalue weighted by atomic mass is 35.5. The maximum atomic E-state index is 13.3. The summed E-state index contributed by atoms with van der Waals surface area (Å²) in [5.41, 5.74) is 7.43. The molecule has 0 spiro atoms. The molecule has 1 aromatic rings. The highest BCUT2D eigenvalue weighted by Gasteiger charge is 2.18. The molecule has 14 heavy (non-hydrogen) atoms. The molecule has 0 aromatic heterocycles.